The summed E-state index contributed by atoms with van der Waals surface area (Å²) < 4.78 is 10.5. The average molecular weight is 370 g/mol. The molecule has 1 aliphatic rings. The topological polar surface area (TPSA) is 67.3 Å². The van der Waals surface area contributed by atoms with Gasteiger partial charge in [0.05, 0.1) is 28.5 Å². The van der Waals surface area contributed by atoms with Crippen LogP contribution in [0.15, 0.2) is 17.1 Å². The zero-order valence-electron chi connectivity index (χ0n) is 16.9. The van der Waals surface area contributed by atoms with Crippen LogP contribution in [-0.2, 0) is 9.47 Å². The summed E-state index contributed by atoms with van der Waals surface area (Å²) in [5.41, 5.74) is 4.93. The van der Waals surface area contributed by atoms with Crippen molar-refractivity contribution < 1.29 is 14.3 Å². The molecule has 0 N–H and O–H groups in total. The Balaban J connectivity index is 2.21. The predicted molar refractivity (Wildman–Crippen MR) is 109 cm³/mol. The van der Waals surface area contributed by atoms with Gasteiger partial charge in [-0.25, -0.2) is 4.98 Å². The highest BCUT2D eigenvalue weighted by molar-refractivity contribution is 6.18. The molecule has 0 spiro atoms. The van der Waals surface area contributed by atoms with E-state index in [0.29, 0.717) is 5.69 Å². The van der Waals surface area contributed by atoms with Crippen LogP contribution in [0.5, 0.6) is 0 Å². The zero-order chi connectivity index (χ0) is 19.9. The molecule has 1 aromatic carbocycles. The maximum Gasteiger partial charge on any atom is 0.189 e. The minimum Gasteiger partial charge on any atom is -0.376 e. The molecule has 0 fully saturated rings. The van der Waals surface area contributed by atoms with Crippen LogP contribution in [0.1, 0.15) is 23.0 Å². The smallest absolute Gasteiger partial charge is 0.189 e. The van der Waals surface area contributed by atoms with Gasteiger partial charge in [-0.15, -0.1) is 0 Å². The molecule has 27 heavy (non-hydrogen) atoms. The maximum atomic E-state index is 13.0. The highest BCUT2D eigenvalue weighted by atomic mass is 16.7. The van der Waals surface area contributed by atoms with Crippen molar-refractivity contribution in [2.45, 2.75) is 13.2 Å². The van der Waals surface area contributed by atoms with Crippen molar-refractivity contribution in [2.24, 2.45) is 10.9 Å². The lowest BCUT2D eigenvalue weighted by Gasteiger charge is -2.23. The Morgan fingerprint density at radius 1 is 1.04 bits per heavy atom. The number of aromatic nitrogens is 1. The van der Waals surface area contributed by atoms with E-state index in [-0.39, 0.29) is 5.78 Å². The molecule has 0 radical (unpaired) electrons. The molecule has 7 nitrogen and oxygen atoms in total. The molecule has 7 heteroatoms. The zero-order valence-corrected chi connectivity index (χ0v) is 16.9. The Morgan fingerprint density at radius 3 is 2.22 bits per heavy atom. The summed E-state index contributed by atoms with van der Waals surface area (Å²) in [6.45, 7) is 1.78. The van der Waals surface area contributed by atoms with Crippen molar-refractivity contribution in [3.8, 4) is 0 Å². The van der Waals surface area contributed by atoms with Crippen molar-refractivity contribution in [3.05, 3.63) is 23.4 Å². The minimum atomic E-state index is -0.614. The number of Topliss-reactive ketones (excluding diaryl/α,β-unsaturated/α-hetero) is 1. The van der Waals surface area contributed by atoms with Gasteiger partial charge in [0, 0.05) is 59.6 Å². The fourth-order valence-corrected chi connectivity index (χ4v) is 3.43. The van der Waals surface area contributed by atoms with Gasteiger partial charge in [0.2, 0.25) is 0 Å². The summed E-state index contributed by atoms with van der Waals surface area (Å²) in [5, 5.41) is 0.976. The average Bonchev–Trinajstić information content (AvgIpc) is 3.06. The molecule has 1 aliphatic heterocycles. The summed E-state index contributed by atoms with van der Waals surface area (Å²) in [7, 11) is 11.0. The molecule has 0 saturated heterocycles. The Bertz CT molecular complexity index is 917. The van der Waals surface area contributed by atoms with E-state index in [0.717, 1.165) is 33.5 Å². The Morgan fingerprint density at radius 2 is 1.67 bits per heavy atom. The number of carbonyl (C=O) groups is 1. The number of ether oxygens (including phenoxy) is 2. The highest BCUT2D eigenvalue weighted by Gasteiger charge is 2.28. The number of nitrogens with zero attached hydrogens (tertiary/aromatic N) is 4. The molecular weight excluding hydrogens is 344 g/mol. The third-order valence-electron chi connectivity index (χ3n) is 4.88. The SMILES string of the molecule is COC(OC)C(C)C(=O)c1cc2c3c(c(N(C)C)cc(N(C)C)c3n1)N=C2. The Hall–Kier alpha value is -2.51. The van der Waals surface area contributed by atoms with Crippen LogP contribution in [0.4, 0.5) is 17.1 Å². The van der Waals surface area contributed by atoms with Crippen LogP contribution in [0.2, 0.25) is 0 Å². The van der Waals surface area contributed by atoms with Crippen molar-refractivity contribution in [3.63, 3.8) is 0 Å². The number of anilines is 2. The number of aliphatic imine (C=N–C) groups is 1. The Kier molecular flexibility index (Phi) is 5.17. The van der Waals surface area contributed by atoms with Gasteiger partial charge in [0.25, 0.3) is 0 Å². The first-order chi connectivity index (χ1) is 12.8. The number of carbonyl (C=O) groups excluding carboxylic acids is 1. The van der Waals surface area contributed by atoms with E-state index in [1.165, 1.54) is 14.2 Å². The molecule has 0 amide bonds. The lowest BCUT2D eigenvalue weighted by Crippen LogP contribution is -2.29. The van der Waals surface area contributed by atoms with Crippen molar-refractivity contribution in [1.82, 2.24) is 4.98 Å². The van der Waals surface area contributed by atoms with Gasteiger partial charge < -0.3 is 19.3 Å². The summed E-state index contributed by atoms with van der Waals surface area (Å²) >= 11 is 0. The van der Waals surface area contributed by atoms with Gasteiger partial charge >= 0.3 is 0 Å². The summed E-state index contributed by atoms with van der Waals surface area (Å²) in [4.78, 5) is 26.4. The second-order valence-electron chi connectivity index (χ2n) is 7.12. The van der Waals surface area contributed by atoms with E-state index < -0.39 is 12.2 Å². The first-order valence-corrected chi connectivity index (χ1v) is 8.80. The molecule has 0 bridgehead atoms. The van der Waals surface area contributed by atoms with Crippen LogP contribution in [0.25, 0.3) is 10.9 Å². The number of pyridine rings is 1. The second kappa shape index (κ2) is 7.25. The van der Waals surface area contributed by atoms with Gasteiger partial charge in [-0.05, 0) is 12.1 Å². The lowest BCUT2D eigenvalue weighted by atomic mass is 9.99. The van der Waals surface area contributed by atoms with Crippen LogP contribution in [0.3, 0.4) is 0 Å². The first kappa shape index (κ1) is 19.3. The number of hydrogen-bond acceptors (Lipinski definition) is 7. The standard InChI is InChI=1S/C20H26N4O3/c1-11(20(26-6)27-7)19(25)13-8-12-10-21-17-14(23(2)3)9-15(24(4)5)18(22-13)16(12)17/h8-11,20H,1-7H3. The van der Waals surface area contributed by atoms with Crippen molar-refractivity contribution in [2.75, 3.05) is 52.2 Å². The van der Waals surface area contributed by atoms with E-state index in [4.69, 9.17) is 14.5 Å². The number of ketones is 1. The third-order valence-corrected chi connectivity index (χ3v) is 4.88. The highest BCUT2D eigenvalue weighted by Crippen LogP contribution is 2.44. The molecule has 3 rings (SSSR count). The van der Waals surface area contributed by atoms with Gasteiger partial charge in [0.15, 0.2) is 12.1 Å². The lowest BCUT2D eigenvalue weighted by molar-refractivity contribution is -0.123. The predicted octanol–water partition coefficient (Wildman–Crippen LogP) is 2.87. The number of methoxy groups -OCH3 is 2. The molecule has 0 saturated carbocycles. The molecule has 2 aromatic rings. The van der Waals surface area contributed by atoms with Crippen molar-refractivity contribution in [1.29, 1.82) is 0 Å². The number of rotatable bonds is 7. The van der Waals surface area contributed by atoms with Crippen molar-refractivity contribution >= 4 is 40.0 Å². The van der Waals surface area contributed by atoms with Gasteiger partial charge in [-0.3, -0.25) is 9.79 Å². The normalized spacial score (nSPS) is 13.5. The quantitative estimate of drug-likeness (QED) is 0.471. The van der Waals surface area contributed by atoms with Crippen LogP contribution in [0, 0.1) is 5.92 Å². The van der Waals surface area contributed by atoms with Crippen LogP contribution in [-0.4, -0.2) is 65.7 Å². The molecule has 1 aromatic heterocycles. The maximum absolute atomic E-state index is 13.0. The number of hydrogen-bond donors (Lipinski definition) is 0. The fraction of sp³-hybridized carbons (Fsp3) is 0.450. The summed E-state index contributed by atoms with van der Waals surface area (Å²) in [6, 6.07) is 3.87. The summed E-state index contributed by atoms with van der Waals surface area (Å²) in [5.74, 6) is -0.594. The Labute approximate surface area is 159 Å². The molecule has 1 atom stereocenters. The van der Waals surface area contributed by atoms with E-state index in [9.17, 15) is 4.79 Å². The van der Waals surface area contributed by atoms with E-state index in [1.54, 1.807) is 13.1 Å². The largest absolute Gasteiger partial charge is 0.376 e. The van der Waals surface area contributed by atoms with E-state index in [1.807, 2.05) is 44.1 Å². The monoisotopic (exact) mass is 370 g/mol. The molecule has 1 unspecified atom stereocenters. The minimum absolute atomic E-state index is 0.120. The molecule has 2 heterocycles. The molecule has 0 aliphatic carbocycles. The molecule has 144 valence electrons. The summed E-state index contributed by atoms with van der Waals surface area (Å²) in [6.07, 6.45) is 1.19. The second-order valence-corrected chi connectivity index (χ2v) is 7.12. The first-order valence-electron chi connectivity index (χ1n) is 8.80. The molecular formula is C20H26N4O3. The van der Waals surface area contributed by atoms with Gasteiger partial charge in [-0.2, -0.15) is 0 Å². The van der Waals surface area contributed by atoms with Crippen LogP contribution < -0.4 is 9.80 Å². The third kappa shape index (κ3) is 3.17. The van der Waals surface area contributed by atoms with E-state index in [2.05, 4.69) is 11.1 Å². The van der Waals surface area contributed by atoms with Gasteiger partial charge in [-0.1, -0.05) is 6.92 Å². The fourth-order valence-electron chi connectivity index (χ4n) is 3.43. The van der Waals surface area contributed by atoms with Gasteiger partial charge in [0.1, 0.15) is 5.69 Å². The number of benzene rings is 1. The van der Waals surface area contributed by atoms with E-state index >= 15 is 0 Å². The van der Waals surface area contributed by atoms with Crippen LogP contribution >= 0.6 is 0 Å².